The van der Waals surface area contributed by atoms with Gasteiger partial charge in [-0.05, 0) is 35.9 Å². The number of alkyl halides is 3. The molecule has 3 nitrogen and oxygen atoms in total. The maximum Gasteiger partial charge on any atom is 0.446 e. The summed E-state index contributed by atoms with van der Waals surface area (Å²) >= 11 is -0.335. The van der Waals surface area contributed by atoms with Gasteiger partial charge >= 0.3 is 11.5 Å². The van der Waals surface area contributed by atoms with Crippen molar-refractivity contribution in [2.45, 2.75) is 23.7 Å². The van der Waals surface area contributed by atoms with E-state index in [1.165, 1.54) is 6.07 Å². The SMILES string of the molecule is CCc1c(SC(F)(F)F)cc(C#N)cc1C(=O)OC. The molecule has 0 aliphatic rings. The topological polar surface area (TPSA) is 50.1 Å². The second-order valence-electron chi connectivity index (χ2n) is 3.51. The van der Waals surface area contributed by atoms with Crippen LogP contribution in [-0.4, -0.2) is 18.6 Å². The van der Waals surface area contributed by atoms with Crippen LogP contribution in [-0.2, 0) is 11.2 Å². The van der Waals surface area contributed by atoms with Crippen LogP contribution >= 0.6 is 11.8 Å². The molecular weight excluding hydrogens is 279 g/mol. The molecule has 0 radical (unpaired) electrons. The Morgan fingerprint density at radius 3 is 2.53 bits per heavy atom. The summed E-state index contributed by atoms with van der Waals surface area (Å²) in [5, 5.41) is 8.81. The molecule has 0 aliphatic carbocycles. The van der Waals surface area contributed by atoms with Crippen LogP contribution in [0.5, 0.6) is 0 Å². The first-order chi connectivity index (χ1) is 8.82. The highest BCUT2D eigenvalue weighted by Gasteiger charge is 2.31. The van der Waals surface area contributed by atoms with Crippen molar-refractivity contribution in [1.82, 2.24) is 0 Å². The number of ether oxygens (including phenoxy) is 1. The number of carbonyl (C=O) groups is 1. The van der Waals surface area contributed by atoms with Crippen LogP contribution < -0.4 is 0 Å². The molecule has 1 rings (SSSR count). The Morgan fingerprint density at radius 1 is 1.47 bits per heavy atom. The molecule has 7 heteroatoms. The number of halogens is 3. The zero-order valence-electron chi connectivity index (χ0n) is 10.2. The predicted octanol–water partition coefficient (Wildman–Crippen LogP) is 3.52. The fourth-order valence-electron chi connectivity index (χ4n) is 1.58. The average Bonchev–Trinajstić information content (AvgIpc) is 2.34. The monoisotopic (exact) mass is 289 g/mol. The van der Waals surface area contributed by atoms with Gasteiger partial charge in [-0.1, -0.05) is 6.92 Å². The zero-order chi connectivity index (χ0) is 14.6. The van der Waals surface area contributed by atoms with Crippen LogP contribution in [0.4, 0.5) is 13.2 Å². The standard InChI is InChI=1S/C12H10F3NO2S/c1-3-8-9(11(17)18-2)4-7(6-16)5-10(8)19-12(13,14)15/h4-5H,3H2,1-2H3. The van der Waals surface area contributed by atoms with Gasteiger partial charge in [0.2, 0.25) is 0 Å². The lowest BCUT2D eigenvalue weighted by Crippen LogP contribution is -2.09. The molecule has 19 heavy (non-hydrogen) atoms. The molecule has 0 fully saturated rings. The molecule has 0 spiro atoms. The third-order valence-corrected chi connectivity index (χ3v) is 3.14. The maximum absolute atomic E-state index is 12.5. The van der Waals surface area contributed by atoms with Crippen LogP contribution in [0.2, 0.25) is 0 Å². The summed E-state index contributed by atoms with van der Waals surface area (Å²) in [6, 6.07) is 4.10. The normalized spacial score (nSPS) is 10.9. The molecule has 0 unspecified atom stereocenters. The van der Waals surface area contributed by atoms with E-state index in [2.05, 4.69) is 4.74 Å². The Kier molecular flexibility index (Phi) is 4.84. The van der Waals surface area contributed by atoms with Crippen LogP contribution in [0.15, 0.2) is 17.0 Å². The molecule has 0 N–H and O–H groups in total. The Balaban J connectivity index is 3.44. The Hall–Kier alpha value is -1.68. The van der Waals surface area contributed by atoms with E-state index in [1.807, 2.05) is 0 Å². The average molecular weight is 289 g/mol. The number of nitriles is 1. The van der Waals surface area contributed by atoms with E-state index < -0.39 is 11.5 Å². The van der Waals surface area contributed by atoms with Gasteiger partial charge in [0.1, 0.15) is 0 Å². The van der Waals surface area contributed by atoms with Crippen molar-refractivity contribution in [2.75, 3.05) is 7.11 Å². The van der Waals surface area contributed by atoms with Crippen molar-refractivity contribution in [3.8, 4) is 6.07 Å². The van der Waals surface area contributed by atoms with E-state index >= 15 is 0 Å². The van der Waals surface area contributed by atoms with E-state index in [4.69, 9.17) is 5.26 Å². The van der Waals surface area contributed by atoms with Gasteiger partial charge in [0.15, 0.2) is 0 Å². The number of hydrogen-bond donors (Lipinski definition) is 0. The smallest absolute Gasteiger partial charge is 0.446 e. The highest BCUT2D eigenvalue weighted by molar-refractivity contribution is 8.00. The highest BCUT2D eigenvalue weighted by Crippen LogP contribution is 2.40. The molecule has 0 heterocycles. The third-order valence-electron chi connectivity index (χ3n) is 2.32. The summed E-state index contributed by atoms with van der Waals surface area (Å²) in [4.78, 5) is 11.4. The van der Waals surface area contributed by atoms with Crippen LogP contribution in [0.25, 0.3) is 0 Å². The van der Waals surface area contributed by atoms with Crippen molar-refractivity contribution >= 4 is 17.7 Å². The van der Waals surface area contributed by atoms with Gasteiger partial charge in [-0.25, -0.2) is 4.79 Å². The number of hydrogen-bond acceptors (Lipinski definition) is 4. The summed E-state index contributed by atoms with van der Waals surface area (Å²) in [7, 11) is 1.14. The molecule has 0 aromatic heterocycles. The first-order valence-electron chi connectivity index (χ1n) is 5.23. The summed E-state index contributed by atoms with van der Waals surface area (Å²) in [6.07, 6.45) is 0.231. The van der Waals surface area contributed by atoms with Crippen molar-refractivity contribution in [2.24, 2.45) is 0 Å². The fourth-order valence-corrected chi connectivity index (χ4v) is 2.40. The number of nitrogens with zero attached hydrogens (tertiary/aromatic N) is 1. The van der Waals surface area contributed by atoms with E-state index in [9.17, 15) is 18.0 Å². The summed E-state index contributed by atoms with van der Waals surface area (Å²) in [6.45, 7) is 1.63. The van der Waals surface area contributed by atoms with Crippen molar-refractivity contribution < 1.29 is 22.7 Å². The lowest BCUT2D eigenvalue weighted by atomic mass is 10.0. The molecular formula is C12H10F3NO2S. The molecule has 0 amide bonds. The van der Waals surface area contributed by atoms with Crippen molar-refractivity contribution in [3.05, 3.63) is 28.8 Å². The molecule has 102 valence electrons. The molecule has 0 saturated heterocycles. The summed E-state index contributed by atoms with van der Waals surface area (Å²) < 4.78 is 41.9. The van der Waals surface area contributed by atoms with Gasteiger partial charge in [-0.15, -0.1) is 0 Å². The van der Waals surface area contributed by atoms with Gasteiger partial charge in [0, 0.05) is 4.90 Å². The number of benzene rings is 1. The fraction of sp³-hybridized carbons (Fsp3) is 0.333. The zero-order valence-corrected chi connectivity index (χ0v) is 11.0. The van der Waals surface area contributed by atoms with Crippen LogP contribution in [0.3, 0.4) is 0 Å². The van der Waals surface area contributed by atoms with Crippen LogP contribution in [0.1, 0.15) is 28.4 Å². The first kappa shape index (κ1) is 15.4. The van der Waals surface area contributed by atoms with E-state index in [0.29, 0.717) is 0 Å². The second-order valence-corrected chi connectivity index (χ2v) is 4.61. The lowest BCUT2D eigenvalue weighted by Gasteiger charge is -2.14. The third kappa shape index (κ3) is 3.89. The van der Waals surface area contributed by atoms with E-state index in [1.54, 1.807) is 13.0 Å². The van der Waals surface area contributed by atoms with Crippen molar-refractivity contribution in [1.29, 1.82) is 5.26 Å². The minimum atomic E-state index is -4.48. The number of thioether (sulfide) groups is 1. The van der Waals surface area contributed by atoms with Gasteiger partial charge in [0.05, 0.1) is 24.3 Å². The van der Waals surface area contributed by atoms with Gasteiger partial charge in [-0.2, -0.15) is 18.4 Å². The Bertz CT molecular complexity index is 535. The quantitative estimate of drug-likeness (QED) is 0.631. The van der Waals surface area contributed by atoms with E-state index in [0.717, 1.165) is 13.2 Å². The molecule has 0 atom stereocenters. The van der Waals surface area contributed by atoms with Gasteiger partial charge in [0.25, 0.3) is 0 Å². The largest absolute Gasteiger partial charge is 0.465 e. The minimum Gasteiger partial charge on any atom is -0.465 e. The molecule has 1 aromatic carbocycles. The Morgan fingerprint density at radius 2 is 2.11 bits per heavy atom. The number of rotatable bonds is 3. The summed E-state index contributed by atoms with van der Waals surface area (Å²) in [5.74, 6) is -0.752. The first-order valence-corrected chi connectivity index (χ1v) is 6.05. The molecule has 1 aromatic rings. The molecule has 0 bridgehead atoms. The number of methoxy groups -OCH3 is 1. The molecule has 0 aliphatic heterocycles. The van der Waals surface area contributed by atoms with Crippen molar-refractivity contribution in [3.63, 3.8) is 0 Å². The highest BCUT2D eigenvalue weighted by atomic mass is 32.2. The Labute approximate surface area is 112 Å². The maximum atomic E-state index is 12.5. The number of carbonyl (C=O) groups excluding carboxylic acids is 1. The van der Waals surface area contributed by atoms with E-state index in [-0.39, 0.29) is 39.8 Å². The van der Waals surface area contributed by atoms with Crippen LogP contribution in [0, 0.1) is 11.3 Å². The summed E-state index contributed by atoms with van der Waals surface area (Å²) in [5.41, 5.74) is -4.26. The molecule has 0 saturated carbocycles. The predicted molar refractivity (Wildman–Crippen MR) is 63.8 cm³/mol. The van der Waals surface area contributed by atoms with Gasteiger partial charge in [-0.3, -0.25) is 0 Å². The van der Waals surface area contributed by atoms with Gasteiger partial charge < -0.3 is 4.74 Å². The number of esters is 1. The lowest BCUT2D eigenvalue weighted by molar-refractivity contribution is -0.0328. The minimum absolute atomic E-state index is 0.00389. The second kappa shape index (κ2) is 5.97.